The first-order valence-electron chi connectivity index (χ1n) is 7.98. The van der Waals surface area contributed by atoms with Gasteiger partial charge in [0, 0.05) is 5.56 Å². The van der Waals surface area contributed by atoms with Crippen molar-refractivity contribution >= 4 is 5.91 Å². The van der Waals surface area contributed by atoms with Gasteiger partial charge in [0.25, 0.3) is 11.8 Å². The number of methoxy groups -OCH3 is 1. The van der Waals surface area contributed by atoms with Gasteiger partial charge < -0.3 is 24.8 Å². The Morgan fingerprint density at radius 1 is 1.25 bits per heavy atom. The summed E-state index contributed by atoms with van der Waals surface area (Å²) < 4.78 is 43.3. The van der Waals surface area contributed by atoms with E-state index in [-0.39, 0.29) is 11.7 Å². The first-order chi connectivity index (χ1) is 13.4. The zero-order valence-corrected chi connectivity index (χ0v) is 14.6. The van der Waals surface area contributed by atoms with Gasteiger partial charge in [-0.15, -0.1) is 0 Å². The topological polar surface area (TPSA) is 121 Å². The standard InChI is InChI=1S/C18H15F2N3O5/c1-26-10-4-2-9(3-5-10)17-22-18(28-23-17)13(8-24)27-12-7-6-11(19)14(15(12)20)16(21)25/h2-7,13,24H,8H2,1H3,(H2,21,25)/t13-/m1/s1. The first-order valence-corrected chi connectivity index (χ1v) is 7.98. The molecule has 0 saturated heterocycles. The number of nitrogens with zero attached hydrogens (tertiary/aromatic N) is 2. The summed E-state index contributed by atoms with van der Waals surface area (Å²) in [5.74, 6) is -3.51. The van der Waals surface area contributed by atoms with E-state index in [0.29, 0.717) is 11.3 Å². The van der Waals surface area contributed by atoms with Crippen LogP contribution < -0.4 is 15.2 Å². The van der Waals surface area contributed by atoms with Crippen molar-refractivity contribution in [2.45, 2.75) is 6.10 Å². The van der Waals surface area contributed by atoms with Gasteiger partial charge >= 0.3 is 0 Å². The highest BCUT2D eigenvalue weighted by Gasteiger charge is 2.25. The van der Waals surface area contributed by atoms with E-state index < -0.39 is 41.6 Å². The van der Waals surface area contributed by atoms with E-state index in [2.05, 4.69) is 10.1 Å². The fraction of sp³-hybridized carbons (Fsp3) is 0.167. The number of benzene rings is 2. The van der Waals surface area contributed by atoms with Gasteiger partial charge in [-0.1, -0.05) is 5.16 Å². The largest absolute Gasteiger partial charge is 0.497 e. The lowest BCUT2D eigenvalue weighted by atomic mass is 10.1. The van der Waals surface area contributed by atoms with Crippen molar-refractivity contribution in [1.82, 2.24) is 10.1 Å². The third kappa shape index (κ3) is 3.76. The molecular formula is C18H15F2N3O5. The number of carbonyl (C=O) groups is 1. The van der Waals surface area contributed by atoms with Gasteiger partial charge in [0.05, 0.1) is 13.7 Å². The minimum atomic E-state index is -1.29. The number of rotatable bonds is 7. The number of amides is 1. The number of aromatic nitrogens is 2. The summed E-state index contributed by atoms with van der Waals surface area (Å²) in [5, 5.41) is 13.3. The quantitative estimate of drug-likeness (QED) is 0.633. The Balaban J connectivity index is 1.86. The molecule has 0 fully saturated rings. The van der Waals surface area contributed by atoms with E-state index in [1.165, 1.54) is 7.11 Å². The van der Waals surface area contributed by atoms with Gasteiger partial charge in [0.2, 0.25) is 11.9 Å². The van der Waals surface area contributed by atoms with E-state index in [1.54, 1.807) is 24.3 Å². The van der Waals surface area contributed by atoms with Crippen molar-refractivity contribution in [2.24, 2.45) is 5.73 Å². The number of aliphatic hydroxyl groups excluding tert-OH is 1. The highest BCUT2D eigenvalue weighted by molar-refractivity contribution is 5.93. The number of halogens is 2. The van der Waals surface area contributed by atoms with Crippen molar-refractivity contribution in [3.63, 3.8) is 0 Å². The predicted molar refractivity (Wildman–Crippen MR) is 91.6 cm³/mol. The molecule has 1 heterocycles. The van der Waals surface area contributed by atoms with Gasteiger partial charge in [-0.05, 0) is 36.4 Å². The Hall–Kier alpha value is -3.53. The minimum Gasteiger partial charge on any atom is -0.497 e. The maximum absolute atomic E-state index is 14.3. The number of hydrogen-bond donors (Lipinski definition) is 2. The summed E-state index contributed by atoms with van der Waals surface area (Å²) in [6.45, 7) is -0.646. The average Bonchev–Trinajstić information content (AvgIpc) is 3.17. The van der Waals surface area contributed by atoms with Crippen LogP contribution >= 0.6 is 0 Å². The third-order valence-electron chi connectivity index (χ3n) is 3.80. The van der Waals surface area contributed by atoms with Crippen LogP contribution in [0.15, 0.2) is 40.9 Å². The monoisotopic (exact) mass is 391 g/mol. The maximum Gasteiger partial charge on any atom is 0.270 e. The van der Waals surface area contributed by atoms with Crippen LogP contribution in [-0.2, 0) is 0 Å². The lowest BCUT2D eigenvalue weighted by molar-refractivity contribution is 0.0835. The van der Waals surface area contributed by atoms with Gasteiger partial charge in [-0.25, -0.2) is 8.78 Å². The molecule has 28 heavy (non-hydrogen) atoms. The molecule has 0 spiro atoms. The average molecular weight is 391 g/mol. The molecule has 2 aromatic carbocycles. The van der Waals surface area contributed by atoms with Gasteiger partial charge in [0.1, 0.15) is 17.1 Å². The molecule has 0 aliphatic carbocycles. The molecule has 3 rings (SSSR count). The van der Waals surface area contributed by atoms with Crippen LogP contribution in [0.25, 0.3) is 11.4 Å². The van der Waals surface area contributed by atoms with Crippen molar-refractivity contribution < 1.29 is 32.7 Å². The number of primary amides is 1. The molecule has 0 aliphatic heterocycles. The number of nitrogens with two attached hydrogens (primary N) is 1. The van der Waals surface area contributed by atoms with Gasteiger partial charge in [0.15, 0.2) is 11.6 Å². The Morgan fingerprint density at radius 2 is 1.96 bits per heavy atom. The second-order valence-electron chi connectivity index (χ2n) is 5.57. The van der Waals surface area contributed by atoms with E-state index in [4.69, 9.17) is 19.7 Å². The summed E-state index contributed by atoms with van der Waals surface area (Å²) in [6, 6.07) is 8.57. The van der Waals surface area contributed by atoms with Crippen molar-refractivity contribution in [3.8, 4) is 22.9 Å². The van der Waals surface area contributed by atoms with Crippen molar-refractivity contribution in [2.75, 3.05) is 13.7 Å². The smallest absolute Gasteiger partial charge is 0.270 e. The van der Waals surface area contributed by atoms with E-state index >= 15 is 0 Å². The summed E-state index contributed by atoms with van der Waals surface area (Å²) in [4.78, 5) is 15.3. The van der Waals surface area contributed by atoms with Crippen molar-refractivity contribution in [3.05, 3.63) is 59.5 Å². The summed E-state index contributed by atoms with van der Waals surface area (Å²) in [7, 11) is 1.53. The van der Waals surface area contributed by atoms with Crippen LogP contribution in [0.5, 0.6) is 11.5 Å². The Morgan fingerprint density at radius 3 is 2.57 bits per heavy atom. The normalized spacial score (nSPS) is 11.9. The number of ether oxygens (including phenoxy) is 2. The summed E-state index contributed by atoms with van der Waals surface area (Å²) in [5.41, 5.74) is 4.64. The third-order valence-corrected chi connectivity index (χ3v) is 3.80. The van der Waals surface area contributed by atoms with E-state index in [9.17, 15) is 18.7 Å². The molecule has 0 bridgehead atoms. The highest BCUT2D eigenvalue weighted by Crippen LogP contribution is 2.28. The van der Waals surface area contributed by atoms with E-state index in [0.717, 1.165) is 12.1 Å². The molecule has 1 atom stereocenters. The van der Waals surface area contributed by atoms with Crippen LogP contribution in [-0.4, -0.2) is 34.9 Å². The van der Waals surface area contributed by atoms with Crippen LogP contribution in [0, 0.1) is 11.6 Å². The fourth-order valence-electron chi connectivity index (χ4n) is 2.39. The molecule has 8 nitrogen and oxygen atoms in total. The van der Waals surface area contributed by atoms with Crippen LogP contribution in [0.4, 0.5) is 8.78 Å². The number of aliphatic hydroxyl groups is 1. The Bertz CT molecular complexity index is 991. The van der Waals surface area contributed by atoms with Gasteiger partial charge in [-0.3, -0.25) is 4.79 Å². The summed E-state index contributed by atoms with van der Waals surface area (Å²) >= 11 is 0. The zero-order valence-electron chi connectivity index (χ0n) is 14.6. The molecule has 0 aliphatic rings. The molecular weight excluding hydrogens is 376 g/mol. The van der Waals surface area contributed by atoms with Crippen molar-refractivity contribution in [1.29, 1.82) is 0 Å². The second-order valence-corrected chi connectivity index (χ2v) is 5.57. The molecule has 0 saturated carbocycles. The Kier molecular flexibility index (Phi) is 5.50. The van der Waals surface area contributed by atoms with Crippen LogP contribution in [0.3, 0.4) is 0 Å². The molecule has 1 amide bonds. The lowest BCUT2D eigenvalue weighted by Gasteiger charge is -2.14. The molecule has 0 radical (unpaired) electrons. The summed E-state index contributed by atoms with van der Waals surface area (Å²) in [6.07, 6.45) is -1.25. The number of carbonyl (C=O) groups excluding carboxylic acids is 1. The maximum atomic E-state index is 14.3. The predicted octanol–water partition coefficient (Wildman–Crippen LogP) is 2.23. The zero-order chi connectivity index (χ0) is 20.3. The number of hydrogen-bond acceptors (Lipinski definition) is 7. The fourth-order valence-corrected chi connectivity index (χ4v) is 2.39. The molecule has 10 heteroatoms. The Labute approximate surface area is 157 Å². The van der Waals surface area contributed by atoms with Gasteiger partial charge in [-0.2, -0.15) is 4.98 Å². The molecule has 1 aromatic heterocycles. The highest BCUT2D eigenvalue weighted by atomic mass is 19.1. The minimum absolute atomic E-state index is 0.141. The first kappa shape index (κ1) is 19.2. The molecule has 0 unspecified atom stereocenters. The van der Waals surface area contributed by atoms with Crippen LogP contribution in [0.2, 0.25) is 0 Å². The van der Waals surface area contributed by atoms with E-state index in [1.807, 2.05) is 0 Å². The molecule has 3 aromatic rings. The molecule has 146 valence electrons. The molecule has 3 N–H and O–H groups in total. The SMILES string of the molecule is COc1ccc(-c2noc([C@@H](CO)Oc3ccc(F)c(C(N)=O)c3F)n2)cc1. The lowest BCUT2D eigenvalue weighted by Crippen LogP contribution is -2.18. The second kappa shape index (κ2) is 8.01. The van der Waals surface area contributed by atoms with Crippen LogP contribution in [0.1, 0.15) is 22.4 Å².